The second-order valence-electron chi connectivity index (χ2n) is 13.0. The Balaban J connectivity index is 1.17. The zero-order valence-electron chi connectivity index (χ0n) is 21.8. The summed E-state index contributed by atoms with van der Waals surface area (Å²) in [6.07, 6.45) is 14.7. The first-order valence-corrected chi connectivity index (χ1v) is 14.3. The Morgan fingerprint density at radius 2 is 1.69 bits per heavy atom. The molecule has 1 saturated heterocycles. The molecule has 0 bridgehead atoms. The van der Waals surface area contributed by atoms with Crippen molar-refractivity contribution in [3.8, 4) is 0 Å². The number of fused-ring (bicyclic) bond motifs is 5. The summed E-state index contributed by atoms with van der Waals surface area (Å²) in [4.78, 5) is 2.55. The molecule has 3 saturated carbocycles. The van der Waals surface area contributed by atoms with Gasteiger partial charge < -0.3 is 19.8 Å². The number of rotatable bonds is 5. The van der Waals surface area contributed by atoms with Gasteiger partial charge in [-0.25, -0.2) is 0 Å². The predicted molar refractivity (Wildman–Crippen MR) is 139 cm³/mol. The lowest BCUT2D eigenvalue weighted by Crippen LogP contribution is -2.65. The smallest absolute Gasteiger partial charge is 0.116 e. The third-order valence-electron chi connectivity index (χ3n) is 11.6. The van der Waals surface area contributed by atoms with Gasteiger partial charge in [0.1, 0.15) is 5.60 Å². The molecule has 0 amide bonds. The quantitative estimate of drug-likeness (QED) is 0.564. The molecule has 4 nitrogen and oxygen atoms in total. The molecular formula is C31H45NO3. The van der Waals surface area contributed by atoms with E-state index in [0.717, 1.165) is 44.4 Å². The van der Waals surface area contributed by atoms with E-state index in [0.29, 0.717) is 17.9 Å². The first-order valence-electron chi connectivity index (χ1n) is 14.3. The topological polar surface area (TPSA) is 52.9 Å². The van der Waals surface area contributed by atoms with Gasteiger partial charge in [0.2, 0.25) is 0 Å². The van der Waals surface area contributed by atoms with Crippen LogP contribution in [0.5, 0.6) is 0 Å². The van der Waals surface area contributed by atoms with E-state index in [1.807, 2.05) is 42.5 Å². The minimum atomic E-state index is -1.12. The molecule has 1 aromatic rings. The van der Waals surface area contributed by atoms with Gasteiger partial charge in [0.15, 0.2) is 0 Å². The van der Waals surface area contributed by atoms with Crippen molar-refractivity contribution in [3.05, 3.63) is 48.0 Å². The highest BCUT2D eigenvalue weighted by Gasteiger charge is 2.70. The van der Waals surface area contributed by atoms with Gasteiger partial charge in [-0.2, -0.15) is 0 Å². The van der Waals surface area contributed by atoms with Gasteiger partial charge in [-0.15, -0.1) is 0 Å². The van der Waals surface area contributed by atoms with Crippen molar-refractivity contribution < 1.29 is 14.9 Å². The van der Waals surface area contributed by atoms with E-state index >= 15 is 0 Å². The summed E-state index contributed by atoms with van der Waals surface area (Å²) in [6, 6.07) is 10.00. The Bertz CT molecular complexity index is 944. The van der Waals surface area contributed by atoms with Gasteiger partial charge in [0, 0.05) is 12.0 Å². The molecule has 1 aromatic carbocycles. The molecule has 2 N–H and O–H groups in total. The summed E-state index contributed by atoms with van der Waals surface area (Å²) in [5.74, 6) is 1.40. The Hall–Kier alpha value is -1.20. The van der Waals surface area contributed by atoms with Crippen LogP contribution in [-0.4, -0.2) is 53.1 Å². The van der Waals surface area contributed by atoms with Gasteiger partial charge in [0.25, 0.3) is 0 Å². The van der Waals surface area contributed by atoms with Crippen LogP contribution in [0.1, 0.15) is 77.2 Å². The molecule has 8 atom stereocenters. The lowest BCUT2D eigenvalue weighted by Gasteiger charge is -2.64. The minimum absolute atomic E-state index is 0.212. The fourth-order valence-electron chi connectivity index (χ4n) is 9.32. The molecule has 6 rings (SSSR count). The van der Waals surface area contributed by atoms with Crippen molar-refractivity contribution in [2.75, 3.05) is 26.2 Å². The number of likely N-dealkylation sites (tertiary alicyclic amines) is 1. The van der Waals surface area contributed by atoms with E-state index < -0.39 is 16.6 Å². The summed E-state index contributed by atoms with van der Waals surface area (Å²) in [5.41, 5.74) is -1.51. The standard InChI is InChI=1S/C31H45NO3/c1-28-14-12-25(35-21-20-32-18-6-7-19-32)22-24(28)10-11-27-26(28)13-15-29(2)30(33,16-17-31(27,29)34)23-8-4-3-5-9-23/h3-5,8-9,16-17,24-27,33-34H,6-7,10-15,18-22H2,1-2H3/t24?,25?,26-,27-,28+,29-,30?,31-/m1/s1. The SMILES string of the molecule is C[C@]12CCC(OCCN3CCCC3)CC1CC[C@@H]1[C@H]2CC[C@]2(C)C(O)(c3ccccc3)C=C[C@@]12O. The van der Waals surface area contributed by atoms with Crippen LogP contribution in [0.15, 0.2) is 42.5 Å². The molecule has 1 heterocycles. The molecule has 4 fully saturated rings. The van der Waals surface area contributed by atoms with Crippen LogP contribution >= 0.6 is 0 Å². The zero-order valence-corrected chi connectivity index (χ0v) is 21.8. The highest BCUT2D eigenvalue weighted by atomic mass is 16.5. The molecule has 5 aliphatic rings. The number of hydrogen-bond donors (Lipinski definition) is 2. The van der Waals surface area contributed by atoms with Crippen molar-refractivity contribution in [2.24, 2.45) is 28.6 Å². The summed E-state index contributed by atoms with van der Waals surface area (Å²) >= 11 is 0. The van der Waals surface area contributed by atoms with Crippen molar-refractivity contribution in [1.82, 2.24) is 4.90 Å². The van der Waals surface area contributed by atoms with E-state index in [4.69, 9.17) is 4.74 Å². The molecule has 0 aromatic heterocycles. The second-order valence-corrected chi connectivity index (χ2v) is 13.0. The van der Waals surface area contributed by atoms with E-state index in [-0.39, 0.29) is 11.3 Å². The monoisotopic (exact) mass is 479 g/mol. The molecule has 3 unspecified atom stereocenters. The first-order chi connectivity index (χ1) is 16.8. The molecular weight excluding hydrogens is 434 g/mol. The number of hydrogen-bond acceptors (Lipinski definition) is 4. The van der Waals surface area contributed by atoms with Gasteiger partial charge in [-0.3, -0.25) is 0 Å². The largest absolute Gasteiger partial charge is 0.385 e. The van der Waals surface area contributed by atoms with Crippen LogP contribution in [0.2, 0.25) is 0 Å². The molecule has 4 aliphatic carbocycles. The second kappa shape index (κ2) is 8.68. The summed E-state index contributed by atoms with van der Waals surface area (Å²) in [6.45, 7) is 9.10. The van der Waals surface area contributed by atoms with Crippen molar-refractivity contribution in [3.63, 3.8) is 0 Å². The van der Waals surface area contributed by atoms with E-state index in [1.165, 1.54) is 45.2 Å². The van der Waals surface area contributed by atoms with E-state index in [9.17, 15) is 10.2 Å². The van der Waals surface area contributed by atoms with Crippen molar-refractivity contribution in [2.45, 2.75) is 88.9 Å². The summed E-state index contributed by atoms with van der Waals surface area (Å²) in [7, 11) is 0. The van der Waals surface area contributed by atoms with Gasteiger partial charge >= 0.3 is 0 Å². The van der Waals surface area contributed by atoms with Crippen LogP contribution in [0, 0.1) is 28.6 Å². The lowest BCUT2D eigenvalue weighted by atomic mass is 9.42. The van der Waals surface area contributed by atoms with Gasteiger partial charge in [0.05, 0.1) is 18.3 Å². The maximum atomic E-state index is 12.4. The Morgan fingerprint density at radius 1 is 0.914 bits per heavy atom. The highest BCUT2D eigenvalue weighted by Crippen LogP contribution is 2.69. The van der Waals surface area contributed by atoms with Crippen molar-refractivity contribution in [1.29, 1.82) is 0 Å². The number of aliphatic hydroxyl groups is 2. The van der Waals surface area contributed by atoms with E-state index in [2.05, 4.69) is 18.7 Å². The molecule has 192 valence electrons. The number of ether oxygens (including phenoxy) is 1. The summed E-state index contributed by atoms with van der Waals surface area (Å²) < 4.78 is 6.42. The molecule has 1 aliphatic heterocycles. The maximum Gasteiger partial charge on any atom is 0.116 e. The fraction of sp³-hybridized carbons (Fsp3) is 0.742. The third kappa shape index (κ3) is 3.54. The summed E-state index contributed by atoms with van der Waals surface area (Å²) in [5, 5.41) is 24.4. The normalized spacial score (nSPS) is 47.3. The number of nitrogens with zero attached hydrogens (tertiary/aromatic N) is 1. The van der Waals surface area contributed by atoms with Crippen LogP contribution in [-0.2, 0) is 10.3 Å². The molecule has 0 spiro atoms. The highest BCUT2D eigenvalue weighted by molar-refractivity contribution is 5.41. The zero-order chi connectivity index (χ0) is 24.3. The van der Waals surface area contributed by atoms with Crippen LogP contribution < -0.4 is 0 Å². The molecule has 4 heteroatoms. The molecule has 0 radical (unpaired) electrons. The molecule has 35 heavy (non-hydrogen) atoms. The van der Waals surface area contributed by atoms with Gasteiger partial charge in [-0.05, 0) is 106 Å². The lowest BCUT2D eigenvalue weighted by molar-refractivity contribution is -0.228. The Labute approximate surface area is 211 Å². The fourth-order valence-corrected chi connectivity index (χ4v) is 9.32. The maximum absolute atomic E-state index is 12.4. The first kappa shape index (κ1) is 24.2. The Morgan fingerprint density at radius 3 is 2.46 bits per heavy atom. The predicted octanol–water partition coefficient (Wildman–Crippen LogP) is 5.29. The number of benzene rings is 1. The minimum Gasteiger partial charge on any atom is -0.385 e. The Kier molecular flexibility index (Phi) is 5.99. The van der Waals surface area contributed by atoms with E-state index in [1.54, 1.807) is 0 Å². The third-order valence-corrected chi connectivity index (χ3v) is 11.6. The van der Waals surface area contributed by atoms with Crippen LogP contribution in [0.25, 0.3) is 0 Å². The van der Waals surface area contributed by atoms with Crippen LogP contribution in [0.4, 0.5) is 0 Å². The average Bonchev–Trinajstić information content (AvgIpc) is 3.46. The van der Waals surface area contributed by atoms with Gasteiger partial charge in [-0.1, -0.05) is 50.3 Å². The van der Waals surface area contributed by atoms with Crippen molar-refractivity contribution >= 4 is 0 Å². The van der Waals surface area contributed by atoms with Crippen LogP contribution in [0.3, 0.4) is 0 Å². The average molecular weight is 480 g/mol.